The van der Waals surface area contributed by atoms with E-state index in [1.54, 1.807) is 6.92 Å². The minimum atomic E-state index is -3.42. The molecule has 1 aromatic carbocycles. The SMILES string of the molecule is CC(CCl)CS(=O)(=O)N[C@@H](CO)Cc1ccccc1. The Hall–Kier alpha value is -0.620. The van der Waals surface area contributed by atoms with Crippen LogP contribution in [-0.4, -0.2) is 37.8 Å². The van der Waals surface area contributed by atoms with E-state index in [-0.39, 0.29) is 18.3 Å². The number of hydrogen-bond donors (Lipinski definition) is 2. The van der Waals surface area contributed by atoms with Crippen LogP contribution >= 0.6 is 11.6 Å². The van der Waals surface area contributed by atoms with Gasteiger partial charge < -0.3 is 5.11 Å². The van der Waals surface area contributed by atoms with Gasteiger partial charge in [0.1, 0.15) is 0 Å². The van der Waals surface area contributed by atoms with E-state index in [0.29, 0.717) is 12.3 Å². The summed E-state index contributed by atoms with van der Waals surface area (Å²) < 4.78 is 26.3. The van der Waals surface area contributed by atoms with Gasteiger partial charge in [-0.05, 0) is 17.9 Å². The van der Waals surface area contributed by atoms with Gasteiger partial charge in [-0.25, -0.2) is 13.1 Å². The van der Waals surface area contributed by atoms with Crippen molar-refractivity contribution in [2.75, 3.05) is 18.2 Å². The molecule has 0 saturated heterocycles. The van der Waals surface area contributed by atoms with Gasteiger partial charge in [0, 0.05) is 11.9 Å². The highest BCUT2D eigenvalue weighted by Gasteiger charge is 2.20. The van der Waals surface area contributed by atoms with E-state index in [9.17, 15) is 13.5 Å². The summed E-state index contributed by atoms with van der Waals surface area (Å²) in [4.78, 5) is 0. The van der Waals surface area contributed by atoms with Gasteiger partial charge in [0.15, 0.2) is 0 Å². The van der Waals surface area contributed by atoms with E-state index in [1.165, 1.54) is 0 Å². The number of aliphatic hydroxyl groups is 1. The van der Waals surface area contributed by atoms with E-state index >= 15 is 0 Å². The van der Waals surface area contributed by atoms with Crippen LogP contribution in [0.3, 0.4) is 0 Å². The summed E-state index contributed by atoms with van der Waals surface area (Å²) in [5.41, 5.74) is 0.981. The maximum Gasteiger partial charge on any atom is 0.212 e. The van der Waals surface area contributed by atoms with Crippen LogP contribution in [0.25, 0.3) is 0 Å². The van der Waals surface area contributed by atoms with E-state index in [2.05, 4.69) is 4.72 Å². The maximum absolute atomic E-state index is 11.9. The molecule has 1 aromatic rings. The average molecular weight is 306 g/mol. The van der Waals surface area contributed by atoms with Crippen molar-refractivity contribution in [3.05, 3.63) is 35.9 Å². The topological polar surface area (TPSA) is 66.4 Å². The number of nitrogens with one attached hydrogen (secondary N) is 1. The number of rotatable bonds is 8. The van der Waals surface area contributed by atoms with Gasteiger partial charge in [-0.2, -0.15) is 0 Å². The average Bonchev–Trinajstić information content (AvgIpc) is 2.38. The molecule has 0 fully saturated rings. The second-order valence-electron chi connectivity index (χ2n) is 4.73. The normalized spacial score (nSPS) is 15.1. The Kier molecular flexibility index (Phi) is 6.79. The van der Waals surface area contributed by atoms with E-state index in [1.807, 2.05) is 30.3 Å². The highest BCUT2D eigenvalue weighted by molar-refractivity contribution is 7.89. The van der Waals surface area contributed by atoms with Crippen molar-refractivity contribution in [1.82, 2.24) is 4.72 Å². The monoisotopic (exact) mass is 305 g/mol. The third-order valence-corrected chi connectivity index (χ3v) is 4.89. The Morgan fingerprint density at radius 3 is 2.47 bits per heavy atom. The molecular weight excluding hydrogens is 286 g/mol. The van der Waals surface area contributed by atoms with Crippen molar-refractivity contribution in [3.8, 4) is 0 Å². The third-order valence-electron chi connectivity index (χ3n) is 2.66. The molecular formula is C13H20ClNO3S. The first-order valence-corrected chi connectivity index (χ1v) is 8.36. The zero-order valence-electron chi connectivity index (χ0n) is 10.9. The largest absolute Gasteiger partial charge is 0.395 e. The van der Waals surface area contributed by atoms with Crippen LogP contribution < -0.4 is 4.72 Å². The van der Waals surface area contributed by atoms with Crippen molar-refractivity contribution >= 4 is 21.6 Å². The maximum atomic E-state index is 11.9. The predicted molar refractivity (Wildman–Crippen MR) is 77.8 cm³/mol. The van der Waals surface area contributed by atoms with Crippen molar-refractivity contribution in [1.29, 1.82) is 0 Å². The molecule has 0 heterocycles. The Bertz CT molecular complexity index is 464. The van der Waals surface area contributed by atoms with Crippen molar-refractivity contribution in [3.63, 3.8) is 0 Å². The number of halogens is 1. The zero-order chi connectivity index (χ0) is 14.3. The fraction of sp³-hybridized carbons (Fsp3) is 0.538. The summed E-state index contributed by atoms with van der Waals surface area (Å²) in [6, 6.07) is 8.96. The summed E-state index contributed by atoms with van der Waals surface area (Å²) in [5.74, 6) is 0.154. The van der Waals surface area contributed by atoms with Gasteiger partial charge in [0.2, 0.25) is 10.0 Å². The van der Waals surface area contributed by atoms with Crippen LogP contribution in [0.4, 0.5) is 0 Å². The smallest absolute Gasteiger partial charge is 0.212 e. The molecule has 0 aliphatic rings. The standard InChI is InChI=1S/C13H20ClNO3S/c1-11(8-14)10-19(17,18)15-13(9-16)7-12-5-3-2-4-6-12/h2-6,11,13,15-16H,7-10H2,1H3/t11?,13-/m1/s1. The molecule has 0 aromatic heterocycles. The summed E-state index contributed by atoms with van der Waals surface area (Å²) in [7, 11) is -3.42. The fourth-order valence-corrected chi connectivity index (χ4v) is 3.63. The molecule has 19 heavy (non-hydrogen) atoms. The van der Waals surface area contributed by atoms with Gasteiger partial charge in [-0.1, -0.05) is 37.3 Å². The lowest BCUT2D eigenvalue weighted by Gasteiger charge is -2.18. The zero-order valence-corrected chi connectivity index (χ0v) is 12.5. The minimum Gasteiger partial charge on any atom is -0.395 e. The minimum absolute atomic E-state index is 0.0260. The Morgan fingerprint density at radius 2 is 1.95 bits per heavy atom. The Labute approximate surface area is 119 Å². The molecule has 1 unspecified atom stereocenters. The number of sulfonamides is 1. The lowest BCUT2D eigenvalue weighted by atomic mass is 10.1. The molecule has 0 saturated carbocycles. The van der Waals surface area contributed by atoms with Crippen molar-refractivity contribution in [2.24, 2.45) is 5.92 Å². The number of aliphatic hydroxyl groups excluding tert-OH is 1. The molecule has 1 rings (SSSR count). The van der Waals surface area contributed by atoms with Crippen LogP contribution in [0.2, 0.25) is 0 Å². The predicted octanol–water partition coefficient (Wildman–Crippen LogP) is 1.38. The molecule has 4 nitrogen and oxygen atoms in total. The second kappa shape index (κ2) is 7.85. The second-order valence-corrected chi connectivity index (χ2v) is 6.84. The summed E-state index contributed by atoms with van der Waals surface area (Å²) in [6.45, 7) is 1.54. The van der Waals surface area contributed by atoms with Gasteiger partial charge in [0.25, 0.3) is 0 Å². The summed E-state index contributed by atoms with van der Waals surface area (Å²) >= 11 is 5.62. The molecule has 0 aliphatic heterocycles. The van der Waals surface area contributed by atoms with Crippen LogP contribution in [0, 0.1) is 5.92 Å². The van der Waals surface area contributed by atoms with Crippen LogP contribution in [0.5, 0.6) is 0 Å². The van der Waals surface area contributed by atoms with Crippen molar-refractivity contribution in [2.45, 2.75) is 19.4 Å². The molecule has 6 heteroatoms. The number of benzene rings is 1. The van der Waals surface area contributed by atoms with Gasteiger partial charge in [-0.15, -0.1) is 11.6 Å². The Balaban J connectivity index is 2.61. The van der Waals surface area contributed by atoms with Crippen LogP contribution in [-0.2, 0) is 16.4 Å². The summed E-state index contributed by atoms with van der Waals surface area (Å²) in [6.07, 6.45) is 0.464. The van der Waals surface area contributed by atoms with Gasteiger partial charge >= 0.3 is 0 Å². The van der Waals surface area contributed by atoms with Crippen LogP contribution in [0.1, 0.15) is 12.5 Å². The first kappa shape index (κ1) is 16.4. The number of hydrogen-bond acceptors (Lipinski definition) is 3. The fourth-order valence-electron chi connectivity index (χ4n) is 1.76. The lowest BCUT2D eigenvalue weighted by Crippen LogP contribution is -2.41. The molecule has 0 aliphatic carbocycles. The number of alkyl halides is 1. The van der Waals surface area contributed by atoms with E-state index in [0.717, 1.165) is 5.56 Å². The van der Waals surface area contributed by atoms with Gasteiger partial charge in [0.05, 0.1) is 12.4 Å². The lowest BCUT2D eigenvalue weighted by molar-refractivity contribution is 0.256. The molecule has 0 amide bonds. The molecule has 0 radical (unpaired) electrons. The first-order chi connectivity index (χ1) is 8.96. The molecule has 0 spiro atoms. The highest BCUT2D eigenvalue weighted by atomic mass is 35.5. The van der Waals surface area contributed by atoms with Gasteiger partial charge in [-0.3, -0.25) is 0 Å². The highest BCUT2D eigenvalue weighted by Crippen LogP contribution is 2.06. The van der Waals surface area contributed by atoms with E-state index < -0.39 is 16.1 Å². The molecule has 0 bridgehead atoms. The molecule has 108 valence electrons. The Morgan fingerprint density at radius 1 is 1.32 bits per heavy atom. The van der Waals surface area contributed by atoms with Crippen molar-refractivity contribution < 1.29 is 13.5 Å². The van der Waals surface area contributed by atoms with Crippen LogP contribution in [0.15, 0.2) is 30.3 Å². The quantitative estimate of drug-likeness (QED) is 0.713. The molecule has 2 N–H and O–H groups in total. The summed E-state index contributed by atoms with van der Waals surface area (Å²) in [5, 5.41) is 9.29. The molecule has 2 atom stereocenters. The third kappa shape index (κ3) is 6.38. The van der Waals surface area contributed by atoms with E-state index in [4.69, 9.17) is 11.6 Å². The first-order valence-electron chi connectivity index (χ1n) is 6.17.